The summed E-state index contributed by atoms with van der Waals surface area (Å²) in [5, 5.41) is 23.3. The van der Waals surface area contributed by atoms with Crippen LogP contribution in [0.3, 0.4) is 0 Å². The van der Waals surface area contributed by atoms with E-state index in [-0.39, 0.29) is 13.2 Å². The molecule has 0 amide bonds. The van der Waals surface area contributed by atoms with Gasteiger partial charge >= 0.3 is 0 Å². The van der Waals surface area contributed by atoms with E-state index in [1.54, 1.807) is 0 Å². The Bertz CT molecular complexity index is 967. The number of aliphatic hydroxyl groups excluding tert-OH is 2. The molecule has 2 aromatic carbocycles. The third kappa shape index (κ3) is 3.47. The van der Waals surface area contributed by atoms with Crippen LogP contribution in [0.1, 0.15) is 16.8 Å². The number of hydrogen-bond donors (Lipinski definition) is 2. The maximum absolute atomic E-state index is 8.93. The Labute approximate surface area is 140 Å². The van der Waals surface area contributed by atoms with Gasteiger partial charge in [-0.3, -0.25) is 4.68 Å². The van der Waals surface area contributed by atoms with E-state index in [2.05, 4.69) is 28.8 Å². The molecule has 1 aromatic heterocycles. The highest BCUT2D eigenvalue weighted by atomic mass is 16.3. The molecule has 0 atom stereocenters. The molecule has 0 unspecified atom stereocenters. The molecule has 0 aliphatic carbocycles. The van der Waals surface area contributed by atoms with Gasteiger partial charge in [-0.2, -0.15) is 5.10 Å². The molecule has 4 heteroatoms. The maximum Gasteiger partial charge on any atom is 0.143 e. The maximum atomic E-state index is 8.93. The van der Waals surface area contributed by atoms with Gasteiger partial charge in [0.05, 0.1) is 12.1 Å². The van der Waals surface area contributed by atoms with E-state index in [1.165, 1.54) is 0 Å². The summed E-state index contributed by atoms with van der Waals surface area (Å²) in [6.45, 7) is 0.247. The highest BCUT2D eigenvalue weighted by Crippen LogP contribution is 2.21. The van der Waals surface area contributed by atoms with Gasteiger partial charge in [0.1, 0.15) is 18.9 Å². The monoisotopic (exact) mass is 316 g/mol. The van der Waals surface area contributed by atoms with Gasteiger partial charge in [-0.1, -0.05) is 48.1 Å². The van der Waals surface area contributed by atoms with E-state index < -0.39 is 0 Å². The number of nitrogens with zero attached hydrogens (tertiary/aromatic N) is 2. The Morgan fingerprint density at radius 2 is 1.67 bits per heavy atom. The third-order valence-corrected chi connectivity index (χ3v) is 3.52. The molecular weight excluding hydrogens is 300 g/mol. The Morgan fingerprint density at radius 1 is 0.917 bits per heavy atom. The van der Waals surface area contributed by atoms with E-state index in [9.17, 15) is 0 Å². The van der Waals surface area contributed by atoms with E-state index in [1.807, 2.05) is 53.2 Å². The largest absolute Gasteiger partial charge is 0.384 e. The zero-order valence-electron chi connectivity index (χ0n) is 13.0. The Morgan fingerprint density at radius 3 is 2.42 bits per heavy atom. The summed E-state index contributed by atoms with van der Waals surface area (Å²) in [7, 11) is 0. The molecule has 118 valence electrons. The molecule has 0 saturated carbocycles. The molecule has 0 spiro atoms. The van der Waals surface area contributed by atoms with Crippen LogP contribution in [0.5, 0.6) is 0 Å². The highest BCUT2D eigenvalue weighted by molar-refractivity contribution is 5.86. The average Bonchev–Trinajstić information content (AvgIpc) is 2.96. The quantitative estimate of drug-likeness (QED) is 0.709. The third-order valence-electron chi connectivity index (χ3n) is 3.52. The van der Waals surface area contributed by atoms with Gasteiger partial charge in [0.2, 0.25) is 0 Å². The zero-order valence-corrected chi connectivity index (χ0v) is 13.0. The minimum absolute atomic E-state index is 0.172. The van der Waals surface area contributed by atoms with Crippen molar-refractivity contribution in [2.45, 2.75) is 6.54 Å². The summed E-state index contributed by atoms with van der Waals surface area (Å²) in [5.41, 5.74) is 3.50. The standard InChI is InChI=1S/C20H16N2O2/c23-12-4-8-16-10-11-18-19(9-5-13-24)21-22(20(18)14-16)15-17-6-2-1-3-7-17/h1-3,6-7,10-11,14,23-24H,12-13,15H2. The number of aromatic nitrogens is 2. The van der Waals surface area contributed by atoms with Crippen molar-refractivity contribution < 1.29 is 10.2 Å². The van der Waals surface area contributed by atoms with Gasteiger partial charge in [0.25, 0.3) is 0 Å². The van der Waals surface area contributed by atoms with Crippen molar-refractivity contribution >= 4 is 10.9 Å². The zero-order chi connectivity index (χ0) is 16.8. The second kappa shape index (κ2) is 7.48. The van der Waals surface area contributed by atoms with Crippen LogP contribution in [0.2, 0.25) is 0 Å². The second-order valence-corrected chi connectivity index (χ2v) is 5.14. The minimum Gasteiger partial charge on any atom is -0.384 e. The number of aliphatic hydroxyl groups is 2. The van der Waals surface area contributed by atoms with E-state index >= 15 is 0 Å². The molecule has 0 radical (unpaired) electrons. The molecule has 3 rings (SSSR count). The van der Waals surface area contributed by atoms with Crippen LogP contribution < -0.4 is 0 Å². The fourth-order valence-corrected chi connectivity index (χ4v) is 2.49. The lowest BCUT2D eigenvalue weighted by atomic mass is 10.1. The van der Waals surface area contributed by atoms with Crippen molar-refractivity contribution in [2.24, 2.45) is 0 Å². The molecule has 0 saturated heterocycles. The molecule has 0 bridgehead atoms. The predicted octanol–water partition coefficient (Wildman–Crippen LogP) is 1.77. The molecule has 2 N–H and O–H groups in total. The van der Waals surface area contributed by atoms with Gasteiger partial charge in [-0.15, -0.1) is 0 Å². The van der Waals surface area contributed by atoms with Crippen LogP contribution in [0.15, 0.2) is 48.5 Å². The molecule has 0 fully saturated rings. The average molecular weight is 316 g/mol. The fraction of sp³-hybridized carbons (Fsp3) is 0.150. The lowest BCUT2D eigenvalue weighted by Gasteiger charge is -2.04. The number of hydrogen-bond acceptors (Lipinski definition) is 3. The van der Waals surface area contributed by atoms with Crippen molar-refractivity contribution in [3.05, 3.63) is 65.4 Å². The van der Waals surface area contributed by atoms with Gasteiger partial charge in [-0.05, 0) is 29.7 Å². The second-order valence-electron chi connectivity index (χ2n) is 5.14. The molecule has 0 aliphatic heterocycles. The SMILES string of the molecule is OCC#Cc1ccc2c(C#CCO)nn(Cc3ccccc3)c2c1. The summed E-state index contributed by atoms with van der Waals surface area (Å²) in [5.74, 6) is 11.1. The number of benzene rings is 2. The number of rotatable bonds is 2. The summed E-state index contributed by atoms with van der Waals surface area (Å²) in [6, 6.07) is 15.8. The van der Waals surface area contributed by atoms with Crippen LogP contribution in [0.25, 0.3) is 10.9 Å². The number of fused-ring (bicyclic) bond motifs is 1. The molecule has 3 aromatic rings. The Balaban J connectivity index is 2.11. The van der Waals surface area contributed by atoms with E-state index in [4.69, 9.17) is 10.2 Å². The molecule has 24 heavy (non-hydrogen) atoms. The molecule has 1 heterocycles. The van der Waals surface area contributed by atoms with Crippen molar-refractivity contribution in [1.29, 1.82) is 0 Å². The van der Waals surface area contributed by atoms with Crippen LogP contribution in [-0.2, 0) is 6.54 Å². The highest BCUT2D eigenvalue weighted by Gasteiger charge is 2.10. The summed E-state index contributed by atoms with van der Waals surface area (Å²) < 4.78 is 1.89. The lowest BCUT2D eigenvalue weighted by Crippen LogP contribution is -2.01. The predicted molar refractivity (Wildman–Crippen MR) is 93.2 cm³/mol. The molecule has 0 aliphatic rings. The summed E-state index contributed by atoms with van der Waals surface area (Å²) >= 11 is 0. The molecule has 4 nitrogen and oxygen atoms in total. The summed E-state index contributed by atoms with van der Waals surface area (Å²) in [4.78, 5) is 0. The van der Waals surface area contributed by atoms with Crippen molar-refractivity contribution in [3.8, 4) is 23.7 Å². The normalized spacial score (nSPS) is 9.92. The minimum atomic E-state index is -0.201. The summed E-state index contributed by atoms with van der Waals surface area (Å²) in [6.07, 6.45) is 0. The van der Waals surface area contributed by atoms with Crippen LogP contribution in [-0.4, -0.2) is 33.2 Å². The van der Waals surface area contributed by atoms with E-state index in [0.29, 0.717) is 12.2 Å². The van der Waals surface area contributed by atoms with Crippen molar-refractivity contribution in [2.75, 3.05) is 13.2 Å². The first kappa shape index (κ1) is 15.8. The van der Waals surface area contributed by atoms with Gasteiger partial charge in [-0.25, -0.2) is 0 Å². The first-order valence-corrected chi connectivity index (χ1v) is 7.56. The molecular formula is C20H16N2O2. The van der Waals surface area contributed by atoms with Gasteiger partial charge < -0.3 is 10.2 Å². The first-order chi connectivity index (χ1) is 11.8. The lowest BCUT2D eigenvalue weighted by molar-refractivity contribution is 0.350. The Hall–Kier alpha value is -3.05. The first-order valence-electron chi connectivity index (χ1n) is 7.56. The van der Waals surface area contributed by atoms with Crippen molar-refractivity contribution in [1.82, 2.24) is 9.78 Å². The van der Waals surface area contributed by atoms with Gasteiger partial charge in [0.15, 0.2) is 0 Å². The fourth-order valence-electron chi connectivity index (χ4n) is 2.49. The van der Waals surface area contributed by atoms with Crippen molar-refractivity contribution in [3.63, 3.8) is 0 Å². The van der Waals surface area contributed by atoms with Gasteiger partial charge in [0, 0.05) is 10.9 Å². The smallest absolute Gasteiger partial charge is 0.143 e. The van der Waals surface area contributed by atoms with Crippen LogP contribution in [0, 0.1) is 23.7 Å². The van der Waals surface area contributed by atoms with Crippen LogP contribution in [0.4, 0.5) is 0 Å². The Kier molecular flexibility index (Phi) is 4.93. The van der Waals surface area contributed by atoms with E-state index in [0.717, 1.165) is 22.0 Å². The van der Waals surface area contributed by atoms with Crippen LogP contribution >= 0.6 is 0 Å². The topological polar surface area (TPSA) is 58.3 Å².